The Morgan fingerprint density at radius 1 is 1.20 bits per heavy atom. The summed E-state index contributed by atoms with van der Waals surface area (Å²) in [4.78, 5) is 0. The van der Waals surface area contributed by atoms with Gasteiger partial charge in [0.25, 0.3) is 0 Å². The van der Waals surface area contributed by atoms with Gasteiger partial charge >= 0.3 is 0 Å². The number of hydrogen-bond donors (Lipinski definition) is 2. The first-order valence-electron chi connectivity index (χ1n) is 4.91. The molecule has 3 heteroatoms. The molecule has 1 rings (SSSR count). The molecule has 0 aliphatic carbocycles. The normalized spacial score (nSPS) is 9.07. The molecular weight excluding hydrogens is 186 g/mol. The van der Waals surface area contributed by atoms with Crippen molar-refractivity contribution in [3.63, 3.8) is 0 Å². The topological polar surface area (TPSA) is 75.8 Å². The van der Waals surface area contributed by atoms with Crippen molar-refractivity contribution in [2.24, 2.45) is 5.92 Å². The predicted octanol–water partition coefficient (Wildman–Crippen LogP) is 2.63. The van der Waals surface area contributed by atoms with Crippen LogP contribution in [0.1, 0.15) is 25.0 Å². The average molecular weight is 205 g/mol. The third-order valence-electron chi connectivity index (χ3n) is 2.03. The van der Waals surface area contributed by atoms with Gasteiger partial charge in [0.2, 0.25) is 0 Å². The molecule has 0 amide bonds. The van der Waals surface area contributed by atoms with Crippen molar-refractivity contribution in [2.75, 3.05) is 11.5 Å². The monoisotopic (exact) mass is 205 g/mol. The number of nitrogen functional groups attached to an aromatic ring is 2. The zero-order chi connectivity index (χ0) is 12.0. The van der Waals surface area contributed by atoms with Gasteiger partial charge in [0.1, 0.15) is 0 Å². The largest absolute Gasteiger partial charge is 0.398 e. The second kappa shape index (κ2) is 5.92. The van der Waals surface area contributed by atoms with E-state index in [9.17, 15) is 0 Å². The lowest BCUT2D eigenvalue weighted by molar-refractivity contribution is 0.849. The smallest absolute Gasteiger partial charge is 0.0649 e. The third-order valence-corrected chi connectivity index (χ3v) is 2.03. The molecule has 0 saturated heterocycles. The van der Waals surface area contributed by atoms with Crippen molar-refractivity contribution in [1.82, 2.24) is 0 Å². The van der Waals surface area contributed by atoms with Crippen LogP contribution in [-0.4, -0.2) is 0 Å². The van der Waals surface area contributed by atoms with Gasteiger partial charge < -0.3 is 11.5 Å². The number of aryl methyl sites for hydroxylation is 1. The second-order valence-electron chi connectivity index (χ2n) is 3.79. The molecule has 0 fully saturated rings. The highest BCUT2D eigenvalue weighted by atomic mass is 14.6. The maximum Gasteiger partial charge on any atom is 0.0649 e. The maximum atomic E-state index is 7.89. The molecule has 0 radical (unpaired) electrons. The SMILES string of the molecule is CC(C)C#N.Cc1ccc(N)c(C)c1N. The van der Waals surface area contributed by atoms with E-state index >= 15 is 0 Å². The lowest BCUT2D eigenvalue weighted by Crippen LogP contribution is -1.97. The number of benzene rings is 1. The summed E-state index contributed by atoms with van der Waals surface area (Å²) in [5.74, 6) is 0.190. The second-order valence-corrected chi connectivity index (χ2v) is 3.79. The van der Waals surface area contributed by atoms with Crippen LogP contribution in [0.25, 0.3) is 0 Å². The van der Waals surface area contributed by atoms with Gasteiger partial charge in [-0.25, -0.2) is 0 Å². The van der Waals surface area contributed by atoms with Crippen LogP contribution in [0, 0.1) is 31.1 Å². The number of nitrogens with two attached hydrogens (primary N) is 2. The number of nitrogens with zero attached hydrogens (tertiary/aromatic N) is 1. The molecule has 0 aliphatic rings. The molecule has 0 heterocycles. The molecule has 82 valence electrons. The first kappa shape index (κ1) is 13.3. The minimum atomic E-state index is 0.190. The summed E-state index contributed by atoms with van der Waals surface area (Å²) >= 11 is 0. The van der Waals surface area contributed by atoms with E-state index in [1.54, 1.807) is 0 Å². The van der Waals surface area contributed by atoms with Crippen LogP contribution in [0.3, 0.4) is 0 Å². The molecule has 0 atom stereocenters. The van der Waals surface area contributed by atoms with E-state index in [0.29, 0.717) is 0 Å². The Hall–Kier alpha value is -1.69. The summed E-state index contributed by atoms with van der Waals surface area (Å²) in [5, 5.41) is 7.89. The number of nitriles is 1. The van der Waals surface area contributed by atoms with Crippen molar-refractivity contribution in [3.05, 3.63) is 23.3 Å². The summed E-state index contributed by atoms with van der Waals surface area (Å²) < 4.78 is 0. The molecule has 1 aromatic rings. The average Bonchev–Trinajstić information content (AvgIpc) is 2.21. The van der Waals surface area contributed by atoms with Crippen molar-refractivity contribution in [1.29, 1.82) is 5.26 Å². The summed E-state index contributed by atoms with van der Waals surface area (Å²) in [5.41, 5.74) is 15.0. The van der Waals surface area contributed by atoms with E-state index in [-0.39, 0.29) is 5.92 Å². The molecule has 4 N–H and O–H groups in total. The number of rotatable bonds is 0. The maximum absolute atomic E-state index is 7.89. The van der Waals surface area contributed by atoms with E-state index in [1.165, 1.54) is 0 Å². The molecule has 0 aromatic heterocycles. The molecular formula is C12H19N3. The van der Waals surface area contributed by atoms with Crippen LogP contribution < -0.4 is 11.5 Å². The molecule has 3 nitrogen and oxygen atoms in total. The minimum absolute atomic E-state index is 0.190. The van der Waals surface area contributed by atoms with E-state index in [2.05, 4.69) is 0 Å². The molecule has 0 unspecified atom stereocenters. The standard InChI is InChI=1S/C8H12N2.C4H7N/c1-5-3-4-7(9)6(2)8(5)10;1-4(2)3-5/h3-4H,9-10H2,1-2H3;4H,1-2H3. The van der Waals surface area contributed by atoms with E-state index in [1.807, 2.05) is 45.9 Å². The summed E-state index contributed by atoms with van der Waals surface area (Å²) in [6.07, 6.45) is 0. The highest BCUT2D eigenvalue weighted by Gasteiger charge is 1.99. The Kier molecular flexibility index (Phi) is 5.25. The number of hydrogen-bond acceptors (Lipinski definition) is 3. The van der Waals surface area contributed by atoms with Crippen molar-refractivity contribution < 1.29 is 0 Å². The Morgan fingerprint density at radius 2 is 1.67 bits per heavy atom. The fraction of sp³-hybridized carbons (Fsp3) is 0.417. The fourth-order valence-electron chi connectivity index (χ4n) is 0.881. The van der Waals surface area contributed by atoms with Crippen molar-refractivity contribution in [2.45, 2.75) is 27.7 Å². The molecule has 0 bridgehead atoms. The summed E-state index contributed by atoms with van der Waals surface area (Å²) in [7, 11) is 0. The van der Waals surface area contributed by atoms with Crippen molar-refractivity contribution >= 4 is 11.4 Å². The fourth-order valence-corrected chi connectivity index (χ4v) is 0.881. The molecule has 1 aromatic carbocycles. The first-order chi connectivity index (χ1) is 6.90. The summed E-state index contributed by atoms with van der Waals surface area (Å²) in [6, 6.07) is 5.83. The van der Waals surface area contributed by atoms with Crippen LogP contribution >= 0.6 is 0 Å². The van der Waals surface area contributed by atoms with Gasteiger partial charge in [-0.2, -0.15) is 5.26 Å². The Bertz CT molecular complexity index is 335. The van der Waals surface area contributed by atoms with Gasteiger partial charge in [-0.1, -0.05) is 6.07 Å². The predicted molar refractivity (Wildman–Crippen MR) is 65.2 cm³/mol. The molecule has 0 aliphatic heterocycles. The van der Waals surface area contributed by atoms with Crippen LogP contribution in [0.5, 0.6) is 0 Å². The lowest BCUT2D eigenvalue weighted by atomic mass is 10.1. The van der Waals surface area contributed by atoms with Gasteiger partial charge in [-0.05, 0) is 44.9 Å². The Labute approximate surface area is 91.7 Å². The van der Waals surface area contributed by atoms with Crippen LogP contribution in [0.2, 0.25) is 0 Å². The highest BCUT2D eigenvalue weighted by Crippen LogP contribution is 2.21. The quantitative estimate of drug-likeness (QED) is 0.639. The Balaban J connectivity index is 0.000000336. The Morgan fingerprint density at radius 3 is 2.00 bits per heavy atom. The van der Waals surface area contributed by atoms with Crippen molar-refractivity contribution in [3.8, 4) is 6.07 Å². The molecule has 0 saturated carbocycles. The minimum Gasteiger partial charge on any atom is -0.398 e. The van der Waals surface area contributed by atoms with Gasteiger partial charge in [0, 0.05) is 17.3 Å². The highest BCUT2D eigenvalue weighted by molar-refractivity contribution is 5.64. The van der Waals surface area contributed by atoms with Gasteiger partial charge in [0.15, 0.2) is 0 Å². The van der Waals surface area contributed by atoms with Crippen LogP contribution in [0.4, 0.5) is 11.4 Å². The van der Waals surface area contributed by atoms with E-state index < -0.39 is 0 Å². The van der Waals surface area contributed by atoms with Gasteiger partial charge in [-0.15, -0.1) is 0 Å². The molecule has 15 heavy (non-hydrogen) atoms. The van der Waals surface area contributed by atoms with Crippen LogP contribution in [-0.2, 0) is 0 Å². The number of anilines is 2. The zero-order valence-electron chi connectivity index (χ0n) is 9.83. The first-order valence-corrected chi connectivity index (χ1v) is 4.91. The van der Waals surface area contributed by atoms with E-state index in [0.717, 1.165) is 22.5 Å². The lowest BCUT2D eigenvalue weighted by Gasteiger charge is -2.05. The summed E-state index contributed by atoms with van der Waals surface area (Å²) in [6.45, 7) is 7.62. The zero-order valence-corrected chi connectivity index (χ0v) is 9.83. The molecule has 0 spiro atoms. The third kappa shape index (κ3) is 4.37. The van der Waals surface area contributed by atoms with Gasteiger partial charge in [0.05, 0.1) is 6.07 Å². The van der Waals surface area contributed by atoms with Crippen LogP contribution in [0.15, 0.2) is 12.1 Å². The van der Waals surface area contributed by atoms with E-state index in [4.69, 9.17) is 16.7 Å². The van der Waals surface area contributed by atoms with Gasteiger partial charge in [-0.3, -0.25) is 0 Å².